The van der Waals surface area contributed by atoms with Crippen molar-refractivity contribution in [2.24, 2.45) is 0 Å². The number of nitrogens with zero attached hydrogens (tertiary/aromatic N) is 2. The Kier molecular flexibility index (Phi) is 11.5. The van der Waals surface area contributed by atoms with Crippen LogP contribution >= 0.6 is 0 Å². The normalized spacial score (nSPS) is 14.8. The number of methoxy groups -OCH3 is 1. The number of anilines is 1. The van der Waals surface area contributed by atoms with Crippen molar-refractivity contribution in [2.45, 2.75) is 56.6 Å². The highest BCUT2D eigenvalue weighted by Gasteiger charge is 2.42. The Morgan fingerprint density at radius 3 is 2.64 bits per heavy atom. The van der Waals surface area contributed by atoms with Gasteiger partial charge in [0.15, 0.2) is 0 Å². The van der Waals surface area contributed by atoms with Crippen LogP contribution in [0.1, 0.15) is 42.5 Å². The Labute approximate surface area is 226 Å². The number of rotatable bonds is 16. The van der Waals surface area contributed by atoms with E-state index in [2.05, 4.69) is 11.4 Å². The molecule has 0 spiro atoms. The third kappa shape index (κ3) is 8.93. The van der Waals surface area contributed by atoms with E-state index in [1.807, 2.05) is 16.3 Å². The molecule has 3 rings (SSSR count). The molecule has 1 aromatic carbocycles. The van der Waals surface area contributed by atoms with Crippen LogP contribution in [0.4, 0.5) is 19.0 Å². The number of unbranched alkanes of at least 4 members (excludes halogenated alkanes) is 1. The Balaban J connectivity index is 1.55. The number of hydrogen-bond donors (Lipinski definition) is 3. The van der Waals surface area contributed by atoms with Gasteiger partial charge in [-0.05, 0) is 56.7 Å². The lowest BCUT2D eigenvalue weighted by atomic mass is 10.1. The van der Waals surface area contributed by atoms with Gasteiger partial charge >= 0.3 is 11.9 Å². The number of amides is 1. The highest BCUT2D eigenvalue weighted by molar-refractivity contribution is 5.88. The Hall–Kier alpha value is -3.18. The topological polar surface area (TPSA) is 104 Å². The van der Waals surface area contributed by atoms with Gasteiger partial charge in [0.05, 0.1) is 6.10 Å². The summed E-state index contributed by atoms with van der Waals surface area (Å²) in [4.78, 5) is 30.6. The standard InChI is InChI=1S/C28H37F3N4O4/c1-39-23(18-29)19-35(16-6-5-11-22-13-12-20-8-7-15-32-25(20)33-22)17-14-24(26(36)37)34-27(38)28(30,31)21-9-3-2-4-10-21/h2-4,9-10,12-13,23-24H,5-8,11,14-19H2,1H3,(H,32,33)(H,34,38)(H,36,37)/t23-,24+/m1/s1. The first-order valence-corrected chi connectivity index (χ1v) is 13.3. The minimum absolute atomic E-state index is 0.132. The number of carboxylic acid groups (broad SMARTS) is 1. The number of carboxylic acids is 1. The van der Waals surface area contributed by atoms with Gasteiger partial charge in [0.25, 0.3) is 5.91 Å². The zero-order valence-corrected chi connectivity index (χ0v) is 22.2. The number of carbonyl (C=O) groups excluding carboxylic acids is 1. The van der Waals surface area contributed by atoms with Crippen molar-refractivity contribution < 1.29 is 32.6 Å². The van der Waals surface area contributed by atoms with Gasteiger partial charge in [0.1, 0.15) is 18.5 Å². The fraction of sp³-hybridized carbons (Fsp3) is 0.536. The molecule has 11 heteroatoms. The monoisotopic (exact) mass is 550 g/mol. The minimum Gasteiger partial charge on any atom is -0.480 e. The smallest absolute Gasteiger partial charge is 0.349 e. The molecule has 0 bridgehead atoms. The summed E-state index contributed by atoms with van der Waals surface area (Å²) in [7, 11) is 1.39. The first kappa shape index (κ1) is 30.4. The summed E-state index contributed by atoms with van der Waals surface area (Å²) in [6.07, 6.45) is 3.55. The zero-order valence-electron chi connectivity index (χ0n) is 22.2. The molecular formula is C28H37F3N4O4. The maximum absolute atomic E-state index is 14.6. The van der Waals surface area contributed by atoms with Gasteiger partial charge in [-0.2, -0.15) is 8.78 Å². The van der Waals surface area contributed by atoms with E-state index in [0.717, 1.165) is 62.3 Å². The second-order valence-electron chi connectivity index (χ2n) is 9.70. The molecular weight excluding hydrogens is 513 g/mol. The van der Waals surface area contributed by atoms with Gasteiger partial charge in [0.2, 0.25) is 0 Å². The van der Waals surface area contributed by atoms with Crippen LogP contribution < -0.4 is 10.6 Å². The number of nitrogens with one attached hydrogen (secondary N) is 2. The van der Waals surface area contributed by atoms with Crippen molar-refractivity contribution in [3.63, 3.8) is 0 Å². The molecule has 0 aliphatic carbocycles. The van der Waals surface area contributed by atoms with Gasteiger partial charge in [-0.15, -0.1) is 0 Å². The van der Waals surface area contributed by atoms with Crippen LogP contribution in [0.15, 0.2) is 42.5 Å². The van der Waals surface area contributed by atoms with Crippen LogP contribution in [0.5, 0.6) is 0 Å². The van der Waals surface area contributed by atoms with Crippen molar-refractivity contribution in [3.05, 3.63) is 59.3 Å². The van der Waals surface area contributed by atoms with Crippen molar-refractivity contribution in [1.29, 1.82) is 0 Å². The van der Waals surface area contributed by atoms with E-state index in [9.17, 15) is 27.9 Å². The molecule has 214 valence electrons. The fourth-order valence-electron chi connectivity index (χ4n) is 4.51. The molecule has 0 saturated heterocycles. The number of halogens is 3. The summed E-state index contributed by atoms with van der Waals surface area (Å²) in [6.45, 7) is 1.06. The van der Waals surface area contributed by atoms with Crippen LogP contribution in [-0.2, 0) is 33.1 Å². The Bertz CT molecular complexity index is 1070. The molecule has 1 aliphatic rings. The third-order valence-corrected chi connectivity index (χ3v) is 6.84. The molecule has 0 unspecified atom stereocenters. The molecule has 2 aromatic rings. The molecule has 0 saturated carbocycles. The van der Waals surface area contributed by atoms with Crippen LogP contribution in [0.25, 0.3) is 0 Å². The van der Waals surface area contributed by atoms with Crippen LogP contribution in [-0.4, -0.2) is 79.0 Å². The maximum atomic E-state index is 14.6. The maximum Gasteiger partial charge on any atom is 0.349 e. The zero-order chi connectivity index (χ0) is 28.3. The summed E-state index contributed by atoms with van der Waals surface area (Å²) in [5, 5.41) is 14.9. The SMILES string of the molecule is CO[C@H](CF)CN(CCCCc1ccc2c(n1)NCCC2)CC[C@H](NC(=O)C(F)(F)c1ccccc1)C(=O)O. The second-order valence-corrected chi connectivity index (χ2v) is 9.70. The number of aryl methyl sites for hydroxylation is 2. The van der Waals surface area contributed by atoms with Crippen molar-refractivity contribution in [3.8, 4) is 0 Å². The summed E-state index contributed by atoms with van der Waals surface area (Å²) < 4.78 is 47.7. The van der Waals surface area contributed by atoms with E-state index in [1.54, 1.807) is 0 Å². The third-order valence-electron chi connectivity index (χ3n) is 6.84. The van der Waals surface area contributed by atoms with Crippen LogP contribution in [0.3, 0.4) is 0 Å². The lowest BCUT2D eigenvalue weighted by Gasteiger charge is -2.27. The van der Waals surface area contributed by atoms with Crippen LogP contribution in [0.2, 0.25) is 0 Å². The largest absolute Gasteiger partial charge is 0.480 e. The molecule has 1 aliphatic heterocycles. The Morgan fingerprint density at radius 2 is 1.95 bits per heavy atom. The molecule has 0 fully saturated rings. The number of ether oxygens (including phenoxy) is 1. The number of fused-ring (bicyclic) bond motifs is 1. The first-order chi connectivity index (χ1) is 18.7. The Morgan fingerprint density at radius 1 is 1.18 bits per heavy atom. The molecule has 1 aromatic heterocycles. The second kappa shape index (κ2) is 14.8. The van der Waals surface area contributed by atoms with Gasteiger partial charge in [0, 0.05) is 38.0 Å². The fourth-order valence-corrected chi connectivity index (χ4v) is 4.51. The lowest BCUT2D eigenvalue weighted by Crippen LogP contribution is -2.49. The molecule has 3 N–H and O–H groups in total. The number of benzene rings is 1. The van der Waals surface area contributed by atoms with E-state index >= 15 is 0 Å². The van der Waals surface area contributed by atoms with E-state index in [0.29, 0.717) is 6.54 Å². The van der Waals surface area contributed by atoms with E-state index < -0.39 is 42.2 Å². The van der Waals surface area contributed by atoms with E-state index in [-0.39, 0.29) is 19.5 Å². The van der Waals surface area contributed by atoms with E-state index in [1.165, 1.54) is 30.9 Å². The van der Waals surface area contributed by atoms with E-state index in [4.69, 9.17) is 9.72 Å². The summed E-state index contributed by atoms with van der Waals surface area (Å²) in [5.41, 5.74) is 1.67. The number of carbonyl (C=O) groups is 2. The predicted octanol–water partition coefficient (Wildman–Crippen LogP) is 3.80. The average molecular weight is 551 g/mol. The van der Waals surface area contributed by atoms with Gasteiger partial charge in [-0.25, -0.2) is 14.2 Å². The molecule has 39 heavy (non-hydrogen) atoms. The highest BCUT2D eigenvalue weighted by Crippen LogP contribution is 2.28. The van der Waals surface area contributed by atoms with Crippen LogP contribution in [0, 0.1) is 0 Å². The minimum atomic E-state index is -3.88. The summed E-state index contributed by atoms with van der Waals surface area (Å²) >= 11 is 0. The van der Waals surface area contributed by atoms with Gasteiger partial charge < -0.3 is 25.4 Å². The van der Waals surface area contributed by atoms with Crippen molar-refractivity contribution >= 4 is 17.7 Å². The van der Waals surface area contributed by atoms with Crippen molar-refractivity contribution in [2.75, 3.05) is 45.3 Å². The number of aliphatic carboxylic acids is 1. The highest BCUT2D eigenvalue weighted by atomic mass is 19.3. The lowest BCUT2D eigenvalue weighted by molar-refractivity contribution is -0.152. The molecule has 2 atom stereocenters. The predicted molar refractivity (Wildman–Crippen MR) is 142 cm³/mol. The number of pyridine rings is 1. The van der Waals surface area contributed by atoms with Gasteiger partial charge in [-0.1, -0.05) is 36.4 Å². The number of alkyl halides is 3. The molecule has 8 nitrogen and oxygen atoms in total. The summed E-state index contributed by atoms with van der Waals surface area (Å²) in [5.74, 6) is -6.05. The molecule has 1 amide bonds. The molecule has 0 radical (unpaired) electrons. The van der Waals surface area contributed by atoms with Gasteiger partial charge in [-0.3, -0.25) is 4.79 Å². The first-order valence-electron chi connectivity index (χ1n) is 13.3. The molecule has 2 heterocycles. The van der Waals surface area contributed by atoms with Crippen molar-refractivity contribution in [1.82, 2.24) is 15.2 Å². The quantitative estimate of drug-likeness (QED) is 0.273. The number of hydrogen-bond acceptors (Lipinski definition) is 6. The number of aromatic nitrogens is 1. The average Bonchev–Trinajstić information content (AvgIpc) is 2.95. The summed E-state index contributed by atoms with van der Waals surface area (Å²) in [6, 6.07) is 9.09.